The van der Waals surface area contributed by atoms with Gasteiger partial charge in [0.05, 0.1) is 17.8 Å². The lowest BCUT2D eigenvalue weighted by molar-refractivity contribution is 1.29. The highest BCUT2D eigenvalue weighted by Gasteiger charge is 1.96. The van der Waals surface area contributed by atoms with E-state index in [1.165, 1.54) is 6.20 Å². The fourth-order valence-electron chi connectivity index (χ4n) is 0.695. The van der Waals surface area contributed by atoms with Crippen molar-refractivity contribution in [1.29, 1.82) is 0 Å². The zero-order valence-corrected chi connectivity index (χ0v) is 7.10. The Morgan fingerprint density at radius 3 is 2.92 bits per heavy atom. The second kappa shape index (κ2) is 3.96. The predicted molar refractivity (Wildman–Crippen MR) is 49.6 cm³/mol. The number of hydrogen-bond donors (Lipinski definition) is 2. The highest BCUT2D eigenvalue weighted by atomic mass is 35.5. The van der Waals surface area contributed by atoms with Crippen molar-refractivity contribution in [1.82, 2.24) is 4.98 Å². The minimum atomic E-state index is 0.308. The first-order chi connectivity index (χ1) is 5.74. The summed E-state index contributed by atoms with van der Waals surface area (Å²) in [6.07, 6.45) is 1.53. The van der Waals surface area contributed by atoms with Crippen molar-refractivity contribution in [2.24, 2.45) is 5.73 Å². The first-order valence-electron chi connectivity index (χ1n) is 3.34. The molecule has 1 heterocycles. The molecule has 0 aliphatic carbocycles. The van der Waals surface area contributed by atoms with Crippen molar-refractivity contribution < 1.29 is 0 Å². The van der Waals surface area contributed by atoms with Crippen molar-refractivity contribution in [2.75, 3.05) is 12.3 Å². The van der Waals surface area contributed by atoms with E-state index in [1.807, 2.05) is 0 Å². The number of nitrogens with two attached hydrogens (primary N) is 2. The maximum Gasteiger partial charge on any atom is 0.131 e. The third-order valence-corrected chi connectivity index (χ3v) is 1.43. The Morgan fingerprint density at radius 1 is 1.58 bits per heavy atom. The molecule has 0 radical (unpaired) electrons. The van der Waals surface area contributed by atoms with E-state index < -0.39 is 0 Å². The molecule has 1 aromatic rings. The Kier molecular flexibility index (Phi) is 2.92. The summed E-state index contributed by atoms with van der Waals surface area (Å²) in [5.74, 6) is 5.46. The van der Waals surface area contributed by atoms with Crippen LogP contribution in [0.4, 0.5) is 5.69 Å². The Labute approximate surface area is 75.7 Å². The van der Waals surface area contributed by atoms with E-state index in [1.54, 1.807) is 6.07 Å². The standard InChI is InChI=1S/C8H8ClN3/c9-8-4-7(11)6(5-12-8)2-1-3-10/h4-5H,3,10H2,(H2,11,12). The van der Waals surface area contributed by atoms with Gasteiger partial charge in [0.1, 0.15) is 5.15 Å². The molecule has 0 spiro atoms. The topological polar surface area (TPSA) is 64.9 Å². The van der Waals surface area contributed by atoms with Crippen LogP contribution in [0.25, 0.3) is 0 Å². The van der Waals surface area contributed by atoms with Gasteiger partial charge in [-0.2, -0.15) is 0 Å². The van der Waals surface area contributed by atoms with E-state index in [0.717, 1.165) is 0 Å². The van der Waals surface area contributed by atoms with Crippen LogP contribution in [-0.4, -0.2) is 11.5 Å². The molecule has 0 atom stereocenters. The minimum absolute atomic E-state index is 0.308. The van der Waals surface area contributed by atoms with Crippen LogP contribution in [-0.2, 0) is 0 Å². The van der Waals surface area contributed by atoms with Crippen LogP contribution < -0.4 is 11.5 Å². The van der Waals surface area contributed by atoms with Crippen molar-refractivity contribution in [3.05, 3.63) is 23.0 Å². The molecule has 0 aliphatic rings. The molecule has 12 heavy (non-hydrogen) atoms. The summed E-state index contributed by atoms with van der Waals surface area (Å²) >= 11 is 5.59. The van der Waals surface area contributed by atoms with E-state index >= 15 is 0 Å². The van der Waals surface area contributed by atoms with Crippen molar-refractivity contribution in [3.63, 3.8) is 0 Å². The smallest absolute Gasteiger partial charge is 0.131 e. The Balaban J connectivity index is 3.01. The summed E-state index contributed by atoms with van der Waals surface area (Å²) in [7, 11) is 0. The van der Waals surface area contributed by atoms with E-state index in [2.05, 4.69) is 16.8 Å². The second-order valence-electron chi connectivity index (χ2n) is 2.10. The van der Waals surface area contributed by atoms with Gasteiger partial charge in [-0.25, -0.2) is 4.98 Å². The second-order valence-corrected chi connectivity index (χ2v) is 2.49. The summed E-state index contributed by atoms with van der Waals surface area (Å²) in [5, 5.41) is 0.366. The van der Waals surface area contributed by atoms with Gasteiger partial charge in [0, 0.05) is 6.20 Å². The monoisotopic (exact) mass is 181 g/mol. The van der Waals surface area contributed by atoms with Gasteiger partial charge in [-0.3, -0.25) is 0 Å². The average molecular weight is 182 g/mol. The number of hydrogen-bond acceptors (Lipinski definition) is 3. The zero-order chi connectivity index (χ0) is 8.97. The van der Waals surface area contributed by atoms with E-state index in [0.29, 0.717) is 22.9 Å². The van der Waals surface area contributed by atoms with Crippen molar-refractivity contribution >= 4 is 17.3 Å². The number of halogens is 1. The van der Waals surface area contributed by atoms with Crippen LogP contribution in [0.2, 0.25) is 5.15 Å². The largest absolute Gasteiger partial charge is 0.398 e. The van der Waals surface area contributed by atoms with Gasteiger partial charge < -0.3 is 11.5 Å². The highest BCUT2D eigenvalue weighted by molar-refractivity contribution is 6.29. The molecular weight excluding hydrogens is 174 g/mol. The fourth-order valence-corrected chi connectivity index (χ4v) is 0.861. The molecule has 0 saturated carbocycles. The number of anilines is 1. The molecule has 0 aromatic carbocycles. The molecule has 0 saturated heterocycles. The normalized spacial score (nSPS) is 8.83. The van der Waals surface area contributed by atoms with Gasteiger partial charge in [0.25, 0.3) is 0 Å². The summed E-state index contributed by atoms with van der Waals surface area (Å²) in [4.78, 5) is 3.83. The Bertz CT molecular complexity index is 338. The van der Waals surface area contributed by atoms with Gasteiger partial charge in [-0.05, 0) is 6.07 Å². The summed E-state index contributed by atoms with van der Waals surface area (Å²) in [6, 6.07) is 1.56. The molecule has 1 aromatic heterocycles. The lowest BCUT2D eigenvalue weighted by Gasteiger charge is -1.96. The van der Waals surface area contributed by atoms with Crippen LogP contribution in [0, 0.1) is 11.8 Å². The molecule has 4 heteroatoms. The van der Waals surface area contributed by atoms with Crippen LogP contribution in [0.5, 0.6) is 0 Å². The molecule has 1 rings (SSSR count). The number of pyridine rings is 1. The predicted octanol–water partition coefficient (Wildman–Crippen LogP) is 0.627. The number of nitrogens with zero attached hydrogens (tertiary/aromatic N) is 1. The van der Waals surface area contributed by atoms with E-state index in [4.69, 9.17) is 23.1 Å². The third-order valence-electron chi connectivity index (χ3n) is 1.23. The lowest BCUT2D eigenvalue weighted by atomic mass is 10.2. The minimum Gasteiger partial charge on any atom is -0.398 e. The summed E-state index contributed by atoms with van der Waals surface area (Å²) < 4.78 is 0. The first-order valence-corrected chi connectivity index (χ1v) is 3.72. The van der Waals surface area contributed by atoms with Gasteiger partial charge in [-0.1, -0.05) is 23.4 Å². The van der Waals surface area contributed by atoms with Crippen molar-refractivity contribution in [3.8, 4) is 11.8 Å². The van der Waals surface area contributed by atoms with Gasteiger partial charge >= 0.3 is 0 Å². The molecule has 3 nitrogen and oxygen atoms in total. The molecule has 62 valence electrons. The number of rotatable bonds is 0. The maximum absolute atomic E-state index is 5.59. The lowest BCUT2D eigenvalue weighted by Crippen LogP contribution is -1.95. The molecular formula is C8H8ClN3. The third kappa shape index (κ3) is 2.12. The quantitative estimate of drug-likeness (QED) is 0.456. The van der Waals surface area contributed by atoms with Crippen LogP contribution >= 0.6 is 11.6 Å². The number of aromatic nitrogens is 1. The van der Waals surface area contributed by atoms with Gasteiger partial charge in [0.15, 0.2) is 0 Å². The van der Waals surface area contributed by atoms with Crippen molar-refractivity contribution in [2.45, 2.75) is 0 Å². The molecule has 0 unspecified atom stereocenters. The first kappa shape index (κ1) is 8.85. The molecule has 4 N–H and O–H groups in total. The Hall–Kier alpha value is -1.24. The summed E-state index contributed by atoms with van der Waals surface area (Å²) in [6.45, 7) is 0.308. The van der Waals surface area contributed by atoms with Gasteiger partial charge in [-0.15, -0.1) is 0 Å². The Morgan fingerprint density at radius 2 is 2.33 bits per heavy atom. The molecule has 0 aliphatic heterocycles. The van der Waals surface area contributed by atoms with Gasteiger partial charge in [0.2, 0.25) is 0 Å². The number of nitrogen functional groups attached to an aromatic ring is 1. The molecule has 0 fully saturated rings. The molecule has 0 bridgehead atoms. The highest BCUT2D eigenvalue weighted by Crippen LogP contribution is 2.13. The SMILES string of the molecule is NCC#Cc1cnc(Cl)cc1N. The maximum atomic E-state index is 5.59. The van der Waals surface area contributed by atoms with E-state index in [-0.39, 0.29) is 0 Å². The zero-order valence-electron chi connectivity index (χ0n) is 6.34. The fraction of sp³-hybridized carbons (Fsp3) is 0.125. The van der Waals surface area contributed by atoms with E-state index in [9.17, 15) is 0 Å². The average Bonchev–Trinajstić information content (AvgIpc) is 2.03. The van der Waals surface area contributed by atoms with Crippen LogP contribution in [0.15, 0.2) is 12.3 Å². The molecule has 0 amide bonds. The van der Waals surface area contributed by atoms with Crippen LogP contribution in [0.3, 0.4) is 0 Å². The summed E-state index contributed by atoms with van der Waals surface area (Å²) in [5.41, 5.74) is 12.0. The van der Waals surface area contributed by atoms with Crippen LogP contribution in [0.1, 0.15) is 5.56 Å².